The standard InChI is InChI=1S/C11H13N3O.2C2H6/c1-13(2)11(15)10-8-6-4-5-7-9(8)14(3)12-10;2*1-2/h4-7H,1-3H3;2*1-2H3. The molecular weight excluding hydrogens is 238 g/mol. The molecule has 0 N–H and O–H groups in total. The molecule has 4 heteroatoms. The molecule has 0 aliphatic heterocycles. The molecule has 0 spiro atoms. The number of carbonyl (C=O) groups is 1. The summed E-state index contributed by atoms with van der Waals surface area (Å²) in [5, 5.41) is 5.14. The van der Waals surface area contributed by atoms with E-state index in [2.05, 4.69) is 5.10 Å². The van der Waals surface area contributed by atoms with Gasteiger partial charge in [-0.15, -0.1) is 0 Å². The Hall–Kier alpha value is -1.84. The fourth-order valence-electron chi connectivity index (χ4n) is 1.58. The van der Waals surface area contributed by atoms with E-state index >= 15 is 0 Å². The minimum absolute atomic E-state index is 0.0631. The Morgan fingerprint density at radius 1 is 1.11 bits per heavy atom. The lowest BCUT2D eigenvalue weighted by Crippen LogP contribution is -2.22. The Bertz CT molecular complexity index is 515. The van der Waals surface area contributed by atoms with Crippen LogP contribution in [-0.4, -0.2) is 34.7 Å². The number of rotatable bonds is 1. The lowest BCUT2D eigenvalue weighted by molar-refractivity contribution is 0.0823. The van der Waals surface area contributed by atoms with Crippen LogP contribution in [0.2, 0.25) is 0 Å². The van der Waals surface area contributed by atoms with Crippen LogP contribution in [0.1, 0.15) is 38.2 Å². The maximum Gasteiger partial charge on any atom is 0.274 e. The van der Waals surface area contributed by atoms with Gasteiger partial charge in [-0.3, -0.25) is 9.48 Å². The number of carbonyl (C=O) groups excluding carboxylic acids is 1. The monoisotopic (exact) mass is 263 g/mol. The van der Waals surface area contributed by atoms with Gasteiger partial charge in [0, 0.05) is 26.5 Å². The molecule has 0 saturated heterocycles. The van der Waals surface area contributed by atoms with Crippen molar-refractivity contribution in [1.82, 2.24) is 14.7 Å². The minimum Gasteiger partial charge on any atom is -0.343 e. The highest BCUT2D eigenvalue weighted by molar-refractivity contribution is 6.04. The third-order valence-corrected chi connectivity index (χ3v) is 2.37. The summed E-state index contributed by atoms with van der Waals surface area (Å²) in [6.07, 6.45) is 0. The van der Waals surface area contributed by atoms with Crippen LogP contribution in [0.3, 0.4) is 0 Å². The van der Waals surface area contributed by atoms with Crippen molar-refractivity contribution in [1.29, 1.82) is 0 Å². The molecule has 0 aliphatic rings. The fraction of sp³-hybridized carbons (Fsp3) is 0.467. The van der Waals surface area contributed by atoms with E-state index in [1.807, 2.05) is 59.0 Å². The van der Waals surface area contributed by atoms with Crippen molar-refractivity contribution in [3.05, 3.63) is 30.0 Å². The van der Waals surface area contributed by atoms with Crippen LogP contribution in [0, 0.1) is 0 Å². The minimum atomic E-state index is -0.0631. The highest BCUT2D eigenvalue weighted by Gasteiger charge is 2.16. The first-order valence-corrected chi connectivity index (χ1v) is 6.74. The second-order valence-corrected chi connectivity index (χ2v) is 3.69. The zero-order valence-corrected chi connectivity index (χ0v) is 13.1. The van der Waals surface area contributed by atoms with E-state index in [0.29, 0.717) is 5.69 Å². The highest BCUT2D eigenvalue weighted by Crippen LogP contribution is 2.17. The molecule has 0 unspecified atom stereocenters. The number of nitrogens with zero attached hydrogens (tertiary/aromatic N) is 3. The van der Waals surface area contributed by atoms with E-state index in [0.717, 1.165) is 10.9 Å². The van der Waals surface area contributed by atoms with Crippen LogP contribution in [0.25, 0.3) is 10.9 Å². The van der Waals surface area contributed by atoms with Crippen LogP contribution in [0.5, 0.6) is 0 Å². The molecule has 2 rings (SSSR count). The second-order valence-electron chi connectivity index (χ2n) is 3.69. The Labute approximate surface area is 116 Å². The third kappa shape index (κ3) is 3.81. The quantitative estimate of drug-likeness (QED) is 0.791. The SMILES string of the molecule is CC.CC.CN(C)C(=O)c1nn(C)c2ccccc12. The molecule has 19 heavy (non-hydrogen) atoms. The van der Waals surface area contributed by atoms with Crippen molar-refractivity contribution in [2.24, 2.45) is 7.05 Å². The van der Waals surface area contributed by atoms with Crippen LogP contribution in [0.15, 0.2) is 24.3 Å². The molecule has 0 bridgehead atoms. The van der Waals surface area contributed by atoms with E-state index in [1.54, 1.807) is 18.8 Å². The summed E-state index contributed by atoms with van der Waals surface area (Å²) >= 11 is 0. The smallest absolute Gasteiger partial charge is 0.274 e. The molecule has 1 aromatic heterocycles. The van der Waals surface area contributed by atoms with E-state index in [4.69, 9.17) is 0 Å². The van der Waals surface area contributed by atoms with Crippen molar-refractivity contribution in [2.75, 3.05) is 14.1 Å². The van der Waals surface area contributed by atoms with Gasteiger partial charge in [0.15, 0.2) is 5.69 Å². The van der Waals surface area contributed by atoms with Crippen molar-refractivity contribution in [2.45, 2.75) is 27.7 Å². The Balaban J connectivity index is 0.000000741. The summed E-state index contributed by atoms with van der Waals surface area (Å²) in [6.45, 7) is 8.00. The van der Waals surface area contributed by atoms with Gasteiger partial charge in [0.2, 0.25) is 0 Å². The summed E-state index contributed by atoms with van der Waals surface area (Å²) in [5.41, 5.74) is 1.49. The molecule has 0 atom stereocenters. The van der Waals surface area contributed by atoms with Crippen LogP contribution >= 0.6 is 0 Å². The van der Waals surface area contributed by atoms with E-state index < -0.39 is 0 Å². The second kappa shape index (κ2) is 8.29. The molecule has 1 amide bonds. The largest absolute Gasteiger partial charge is 0.343 e. The summed E-state index contributed by atoms with van der Waals surface area (Å²) in [4.78, 5) is 13.4. The maximum atomic E-state index is 11.8. The number of para-hydroxylation sites is 1. The van der Waals surface area contributed by atoms with Gasteiger partial charge in [0.25, 0.3) is 5.91 Å². The van der Waals surface area contributed by atoms with Crippen LogP contribution in [0.4, 0.5) is 0 Å². The van der Waals surface area contributed by atoms with Crippen molar-refractivity contribution >= 4 is 16.8 Å². The third-order valence-electron chi connectivity index (χ3n) is 2.37. The van der Waals surface area contributed by atoms with Crippen molar-refractivity contribution in [3.63, 3.8) is 0 Å². The molecular formula is C15H25N3O. The summed E-state index contributed by atoms with van der Waals surface area (Å²) in [6, 6.07) is 7.72. The highest BCUT2D eigenvalue weighted by atomic mass is 16.2. The predicted octanol–water partition coefficient (Wildman–Crippen LogP) is 3.33. The van der Waals surface area contributed by atoms with E-state index in [-0.39, 0.29) is 5.91 Å². The number of aromatic nitrogens is 2. The number of hydrogen-bond acceptors (Lipinski definition) is 2. The van der Waals surface area contributed by atoms with Gasteiger partial charge in [0.05, 0.1) is 5.52 Å². The Morgan fingerprint density at radius 3 is 2.16 bits per heavy atom. The average molecular weight is 263 g/mol. The summed E-state index contributed by atoms with van der Waals surface area (Å²) in [5.74, 6) is -0.0631. The number of amides is 1. The number of benzene rings is 1. The zero-order chi connectivity index (χ0) is 15.0. The van der Waals surface area contributed by atoms with Crippen LogP contribution < -0.4 is 0 Å². The molecule has 0 saturated carbocycles. The van der Waals surface area contributed by atoms with Gasteiger partial charge in [-0.05, 0) is 6.07 Å². The number of fused-ring (bicyclic) bond motifs is 1. The first-order chi connectivity index (χ1) is 9.11. The van der Waals surface area contributed by atoms with E-state index in [1.165, 1.54) is 4.90 Å². The molecule has 106 valence electrons. The van der Waals surface area contributed by atoms with E-state index in [9.17, 15) is 4.79 Å². The molecule has 0 fully saturated rings. The maximum absolute atomic E-state index is 11.8. The van der Waals surface area contributed by atoms with Gasteiger partial charge >= 0.3 is 0 Å². The lowest BCUT2D eigenvalue weighted by atomic mass is 10.2. The van der Waals surface area contributed by atoms with Gasteiger partial charge < -0.3 is 4.90 Å². The number of aryl methyl sites for hydroxylation is 1. The van der Waals surface area contributed by atoms with Gasteiger partial charge in [-0.1, -0.05) is 45.9 Å². The molecule has 0 radical (unpaired) electrons. The normalized spacial score (nSPS) is 9.00. The molecule has 4 nitrogen and oxygen atoms in total. The first kappa shape index (κ1) is 17.2. The topological polar surface area (TPSA) is 38.1 Å². The van der Waals surface area contributed by atoms with Gasteiger partial charge in [0.1, 0.15) is 0 Å². The summed E-state index contributed by atoms with van der Waals surface area (Å²) < 4.78 is 1.73. The number of hydrogen-bond donors (Lipinski definition) is 0. The van der Waals surface area contributed by atoms with Crippen molar-refractivity contribution in [3.8, 4) is 0 Å². The molecule has 0 aliphatic carbocycles. The lowest BCUT2D eigenvalue weighted by Gasteiger charge is -2.07. The van der Waals surface area contributed by atoms with Crippen LogP contribution in [-0.2, 0) is 7.05 Å². The Morgan fingerprint density at radius 2 is 1.63 bits per heavy atom. The fourth-order valence-corrected chi connectivity index (χ4v) is 1.58. The zero-order valence-electron chi connectivity index (χ0n) is 13.1. The first-order valence-electron chi connectivity index (χ1n) is 6.74. The predicted molar refractivity (Wildman–Crippen MR) is 81.4 cm³/mol. The average Bonchev–Trinajstić information content (AvgIpc) is 2.80. The van der Waals surface area contributed by atoms with Gasteiger partial charge in [-0.25, -0.2) is 0 Å². The molecule has 2 aromatic rings. The Kier molecular flexibility index (Phi) is 7.49. The summed E-state index contributed by atoms with van der Waals surface area (Å²) in [7, 11) is 5.30. The van der Waals surface area contributed by atoms with Crippen molar-refractivity contribution < 1.29 is 4.79 Å². The molecule has 1 aromatic carbocycles. The van der Waals surface area contributed by atoms with Gasteiger partial charge in [-0.2, -0.15) is 5.10 Å². The molecule has 1 heterocycles.